The van der Waals surface area contributed by atoms with Crippen LogP contribution in [0.2, 0.25) is 0 Å². The Morgan fingerprint density at radius 1 is 0.927 bits per heavy atom. The van der Waals surface area contributed by atoms with Crippen LogP contribution >= 0.6 is 11.3 Å². The highest BCUT2D eigenvalue weighted by Crippen LogP contribution is 2.55. The van der Waals surface area contributed by atoms with Gasteiger partial charge in [0.15, 0.2) is 22.9 Å². The van der Waals surface area contributed by atoms with E-state index < -0.39 is 53.2 Å². The maximum atomic E-state index is 13.9. The quantitative estimate of drug-likeness (QED) is 0.0227. The summed E-state index contributed by atoms with van der Waals surface area (Å²) in [6.45, 7) is 7.62. The van der Waals surface area contributed by atoms with E-state index in [2.05, 4.69) is 43.4 Å². The Hall–Kier alpha value is -6.91. The average molecular weight is 1160 g/mol. The molecule has 1 amide bonds. The highest BCUT2D eigenvalue weighted by molar-refractivity contribution is 7.79. The van der Waals surface area contributed by atoms with Crippen molar-refractivity contribution in [1.82, 2.24) is 30.0 Å². The standard InChI is InChI=1S/C62H70N6O12S2/c1-38-32-61(3)21-22-62(37-61,78-26-24-67(25-27-82(75)76)60(74)77-36-43-16-15-40(10-7-8-23-63-4)28-52(43)79-55-31-45(69)30-53(80-55)58(70)71)33-44(38)35-68-39(2)49(34-64-68)46-19-20-50(65-56(46)59(72)73)42-18-17-41-11-9-12-47(48(41)29-42)57-66-51-13-5-6-14-54(51)81-57/h5-6,9,11-20,28-29,34,45,53,55,63,69H,7-8,10,21-27,30-33,35-37H2,1-4H3,(H,70,71)(H,72,73)(H,75,76). The first-order valence-corrected chi connectivity index (χ1v) is 30.0. The second kappa shape index (κ2) is 25.3. The van der Waals surface area contributed by atoms with Crippen LogP contribution in [0.4, 0.5) is 4.79 Å². The number of hydrogen-bond donors (Lipinski definition) is 5. The van der Waals surface area contributed by atoms with Crippen molar-refractivity contribution in [2.24, 2.45) is 5.41 Å². The number of aromatic nitrogens is 4. The molecule has 0 radical (unpaired) electrons. The van der Waals surface area contributed by atoms with Crippen LogP contribution in [-0.2, 0) is 49.7 Å². The molecule has 1 saturated heterocycles. The Kier molecular flexibility index (Phi) is 18.0. The van der Waals surface area contributed by atoms with Crippen molar-refractivity contribution >= 4 is 61.4 Å². The Labute approximate surface area is 482 Å². The number of fused-ring (bicyclic) bond motifs is 4. The summed E-state index contributed by atoms with van der Waals surface area (Å²) in [5.41, 5.74) is 8.35. The highest BCUT2D eigenvalue weighted by atomic mass is 32.2. The molecule has 4 heterocycles. The van der Waals surface area contributed by atoms with Crippen LogP contribution in [0.25, 0.3) is 53.9 Å². The van der Waals surface area contributed by atoms with Crippen LogP contribution in [0, 0.1) is 12.3 Å². The number of hydrogen-bond acceptors (Lipinski definition) is 14. The topological polar surface area (TPSA) is 245 Å². The second-order valence-corrected chi connectivity index (χ2v) is 24.5. The number of aryl methyl sites for hydroxylation is 1. The van der Waals surface area contributed by atoms with Gasteiger partial charge in [-0.3, -0.25) is 4.68 Å². The molecule has 6 unspecified atom stereocenters. The van der Waals surface area contributed by atoms with E-state index >= 15 is 0 Å². The average Bonchev–Trinajstić information content (AvgIpc) is 4.26. The fourth-order valence-corrected chi connectivity index (χ4v) is 13.4. The van der Waals surface area contributed by atoms with E-state index in [1.54, 1.807) is 23.6 Å². The first kappa shape index (κ1) is 58.3. The molecule has 2 fully saturated rings. The largest absolute Gasteiger partial charge is 0.479 e. The molecule has 5 N–H and O–H groups in total. The van der Waals surface area contributed by atoms with E-state index in [4.69, 9.17) is 34.0 Å². The van der Waals surface area contributed by atoms with Gasteiger partial charge in [-0.2, -0.15) is 5.10 Å². The minimum Gasteiger partial charge on any atom is -0.479 e. The molecule has 2 bridgehead atoms. The first-order chi connectivity index (χ1) is 39.5. The number of aliphatic carboxylic acids is 1. The van der Waals surface area contributed by atoms with Gasteiger partial charge >= 0.3 is 18.0 Å². The first-order valence-electron chi connectivity index (χ1n) is 27.9. The molecule has 4 aromatic carbocycles. The van der Waals surface area contributed by atoms with Crippen molar-refractivity contribution in [3.63, 3.8) is 0 Å². The zero-order valence-corrected chi connectivity index (χ0v) is 48.2. The van der Waals surface area contributed by atoms with Crippen LogP contribution in [0.3, 0.4) is 0 Å². The molecular formula is C62H70N6O12S2. The van der Waals surface area contributed by atoms with Crippen LogP contribution in [-0.4, -0.2) is 130 Å². The third-order valence-corrected chi connectivity index (χ3v) is 17.9. The Bertz CT molecular complexity index is 3530. The van der Waals surface area contributed by atoms with Gasteiger partial charge in [-0.25, -0.2) is 28.6 Å². The number of thiazole rings is 1. The molecule has 432 valence electrons. The lowest BCUT2D eigenvalue weighted by Crippen LogP contribution is -2.42. The van der Waals surface area contributed by atoms with Crippen LogP contribution in [0.15, 0.2) is 108 Å². The number of pyridine rings is 1. The summed E-state index contributed by atoms with van der Waals surface area (Å²) in [5.74, 6) is -2.23. The molecular weight excluding hydrogens is 1080 g/mol. The summed E-state index contributed by atoms with van der Waals surface area (Å²) >= 11 is -0.561. The zero-order chi connectivity index (χ0) is 57.7. The van der Waals surface area contributed by atoms with E-state index in [0.717, 1.165) is 105 Å². The number of carboxylic acids is 2. The van der Waals surface area contributed by atoms with Gasteiger partial charge in [0.25, 0.3) is 0 Å². The molecule has 6 atom stereocenters. The SMILES string of the molecule is CNCCCCc1ccc(COC(=O)N(CCOC23CCC(C)(CC(C)=C(Cn4ncc(-c5ccc(-c6ccc7cccc(-c8nc9ccccc9s8)c7c6)nc5C(=O)O)c4C)C2)C3)CCS(=O)O)c(OC2CC(O)CC(C(=O)O)O2)c1. The summed E-state index contributed by atoms with van der Waals surface area (Å²) in [4.78, 5) is 49.9. The number of amides is 1. The molecule has 2 aliphatic carbocycles. The fourth-order valence-electron chi connectivity index (χ4n) is 12.0. The van der Waals surface area contributed by atoms with Crippen LogP contribution in [0.5, 0.6) is 5.75 Å². The van der Waals surface area contributed by atoms with E-state index in [9.17, 15) is 38.5 Å². The normalized spacial score (nSPS) is 21.2. The predicted octanol–water partition coefficient (Wildman–Crippen LogP) is 10.8. The molecule has 3 aliphatic rings. The minimum absolute atomic E-state index is 0.0359. The molecule has 10 rings (SSSR count). The fraction of sp³-hybridized carbons (Fsp3) is 0.419. The number of allylic oxidation sites excluding steroid dienone is 1. The number of carbonyl (C=O) groups is 3. The van der Waals surface area contributed by atoms with Gasteiger partial charge < -0.3 is 49.0 Å². The molecule has 3 aromatic heterocycles. The third kappa shape index (κ3) is 13.4. The van der Waals surface area contributed by atoms with E-state index in [1.165, 1.54) is 10.5 Å². The summed E-state index contributed by atoms with van der Waals surface area (Å²) in [7, 11) is 1.90. The second-order valence-electron chi connectivity index (χ2n) is 22.4. The number of ether oxygens (including phenoxy) is 4. The van der Waals surface area contributed by atoms with Gasteiger partial charge in [0.2, 0.25) is 6.29 Å². The van der Waals surface area contributed by atoms with Crippen molar-refractivity contribution in [2.75, 3.05) is 39.0 Å². The molecule has 0 spiro atoms. The molecule has 82 heavy (non-hydrogen) atoms. The molecule has 18 nitrogen and oxygen atoms in total. The van der Waals surface area contributed by atoms with Gasteiger partial charge in [0.05, 0.1) is 52.7 Å². The van der Waals surface area contributed by atoms with Crippen molar-refractivity contribution in [2.45, 2.75) is 122 Å². The number of carbonyl (C=O) groups excluding carboxylic acids is 1. The number of nitrogens with one attached hydrogen (secondary N) is 1. The Morgan fingerprint density at radius 2 is 1.77 bits per heavy atom. The Morgan fingerprint density at radius 3 is 2.56 bits per heavy atom. The number of unbranched alkanes of at least 4 members (excludes halogenated alkanes) is 1. The van der Waals surface area contributed by atoms with Gasteiger partial charge in [0.1, 0.15) is 17.4 Å². The van der Waals surface area contributed by atoms with Gasteiger partial charge in [0, 0.05) is 59.4 Å². The van der Waals surface area contributed by atoms with Crippen molar-refractivity contribution in [3.8, 4) is 38.7 Å². The van der Waals surface area contributed by atoms with Gasteiger partial charge in [-0.1, -0.05) is 67.1 Å². The van der Waals surface area contributed by atoms with E-state index in [-0.39, 0.29) is 56.0 Å². The lowest BCUT2D eigenvalue weighted by atomic mass is 9.82. The third-order valence-electron chi connectivity index (χ3n) is 16.3. The monoisotopic (exact) mass is 1150 g/mol. The lowest BCUT2D eigenvalue weighted by molar-refractivity contribution is -0.195. The summed E-state index contributed by atoms with van der Waals surface area (Å²) < 4.78 is 49.5. The number of aliphatic hydroxyl groups is 1. The summed E-state index contributed by atoms with van der Waals surface area (Å²) in [6.07, 6.45) is 4.31. The number of rotatable bonds is 23. The van der Waals surface area contributed by atoms with Crippen LogP contribution in [0.1, 0.15) is 98.9 Å². The molecule has 1 saturated carbocycles. The zero-order valence-electron chi connectivity index (χ0n) is 46.6. The number of benzene rings is 4. The molecule has 1 aliphatic heterocycles. The molecule has 7 aromatic rings. The maximum absolute atomic E-state index is 13.9. The minimum atomic E-state index is -2.19. The highest BCUT2D eigenvalue weighted by Gasteiger charge is 2.49. The number of aromatic carboxylic acids is 1. The lowest BCUT2D eigenvalue weighted by Gasteiger charge is -2.33. The summed E-state index contributed by atoms with van der Waals surface area (Å²) in [5, 5.41) is 41.7. The number of nitrogens with zero attached hydrogens (tertiary/aromatic N) is 5. The maximum Gasteiger partial charge on any atom is 0.410 e. The van der Waals surface area contributed by atoms with E-state index in [0.29, 0.717) is 41.1 Å². The number of para-hydroxylation sites is 1. The van der Waals surface area contributed by atoms with Gasteiger partial charge in [-0.15, -0.1) is 11.3 Å². The summed E-state index contributed by atoms with van der Waals surface area (Å²) in [6, 6.07) is 29.5. The van der Waals surface area contributed by atoms with Gasteiger partial charge in [-0.05, 0) is 143 Å². The van der Waals surface area contributed by atoms with Crippen molar-refractivity contribution in [3.05, 3.63) is 131 Å². The van der Waals surface area contributed by atoms with Crippen molar-refractivity contribution < 1.29 is 57.4 Å². The predicted molar refractivity (Wildman–Crippen MR) is 314 cm³/mol. The smallest absolute Gasteiger partial charge is 0.410 e. The number of aliphatic hydroxyl groups excluding tert-OH is 1. The van der Waals surface area contributed by atoms with Crippen molar-refractivity contribution in [1.29, 1.82) is 0 Å². The van der Waals surface area contributed by atoms with Crippen LogP contribution < -0.4 is 10.1 Å². The Balaban J connectivity index is 0.825. The molecule has 20 heteroatoms. The van der Waals surface area contributed by atoms with E-state index in [1.807, 2.05) is 79.3 Å². The number of carboxylic acid groups (broad SMARTS) is 2.